The molecule has 0 aliphatic rings. The van der Waals surface area contributed by atoms with E-state index in [0.717, 1.165) is 25.2 Å². The highest BCUT2D eigenvalue weighted by Gasteiger charge is 2.12. The Labute approximate surface area is 117 Å². The van der Waals surface area contributed by atoms with Crippen molar-refractivity contribution < 1.29 is 4.79 Å². The molecule has 19 heavy (non-hydrogen) atoms. The molecule has 0 atom stereocenters. The molecule has 1 rings (SSSR count). The lowest BCUT2D eigenvalue weighted by molar-refractivity contribution is 0.0772. The summed E-state index contributed by atoms with van der Waals surface area (Å²) < 4.78 is 0. The molecule has 0 saturated heterocycles. The second kappa shape index (κ2) is 8.68. The van der Waals surface area contributed by atoms with E-state index in [1.807, 2.05) is 30.9 Å². The van der Waals surface area contributed by atoms with E-state index < -0.39 is 0 Å². The molecule has 1 amide bonds. The fraction of sp³-hybridized carbons (Fsp3) is 0.625. The van der Waals surface area contributed by atoms with Crippen molar-refractivity contribution in [2.75, 3.05) is 13.1 Å². The van der Waals surface area contributed by atoms with Crippen molar-refractivity contribution >= 4 is 5.91 Å². The predicted octanol–water partition coefficient (Wildman–Crippen LogP) is 3.69. The first-order valence-corrected chi connectivity index (χ1v) is 7.47. The van der Waals surface area contributed by atoms with Crippen molar-refractivity contribution in [2.24, 2.45) is 0 Å². The number of aromatic nitrogens is 1. The van der Waals surface area contributed by atoms with Crippen LogP contribution in [0.4, 0.5) is 0 Å². The van der Waals surface area contributed by atoms with Crippen LogP contribution in [0, 0.1) is 0 Å². The van der Waals surface area contributed by atoms with Crippen LogP contribution in [0.25, 0.3) is 0 Å². The van der Waals surface area contributed by atoms with Crippen LogP contribution in [0.3, 0.4) is 0 Å². The van der Waals surface area contributed by atoms with Gasteiger partial charge in [0.1, 0.15) is 0 Å². The minimum Gasteiger partial charge on any atom is -0.339 e. The second-order valence-electron chi connectivity index (χ2n) is 4.83. The van der Waals surface area contributed by atoms with Gasteiger partial charge < -0.3 is 4.90 Å². The summed E-state index contributed by atoms with van der Waals surface area (Å²) in [7, 11) is 0. The zero-order chi connectivity index (χ0) is 14.1. The lowest BCUT2D eigenvalue weighted by Crippen LogP contribution is -2.30. The van der Waals surface area contributed by atoms with E-state index in [-0.39, 0.29) is 5.91 Å². The van der Waals surface area contributed by atoms with E-state index in [1.165, 1.54) is 25.7 Å². The van der Waals surface area contributed by atoms with Crippen LogP contribution in [-0.4, -0.2) is 28.9 Å². The van der Waals surface area contributed by atoms with Gasteiger partial charge in [0.25, 0.3) is 5.91 Å². The molecule has 0 aliphatic heterocycles. The third kappa shape index (κ3) is 5.01. The highest BCUT2D eigenvalue weighted by atomic mass is 16.2. The molecule has 0 fully saturated rings. The normalized spacial score (nSPS) is 10.5. The van der Waals surface area contributed by atoms with Crippen LogP contribution in [-0.2, 0) is 6.42 Å². The third-order valence-corrected chi connectivity index (χ3v) is 3.41. The average molecular weight is 262 g/mol. The Morgan fingerprint density at radius 1 is 1.11 bits per heavy atom. The number of rotatable bonds is 8. The number of hydrogen-bond donors (Lipinski definition) is 0. The van der Waals surface area contributed by atoms with Crippen molar-refractivity contribution in [1.29, 1.82) is 0 Å². The number of amides is 1. The Morgan fingerprint density at radius 3 is 2.37 bits per heavy atom. The second-order valence-corrected chi connectivity index (χ2v) is 4.83. The monoisotopic (exact) mass is 262 g/mol. The highest BCUT2D eigenvalue weighted by molar-refractivity contribution is 5.93. The largest absolute Gasteiger partial charge is 0.339 e. The zero-order valence-electron chi connectivity index (χ0n) is 12.5. The van der Waals surface area contributed by atoms with Gasteiger partial charge in [-0.3, -0.25) is 9.78 Å². The molecule has 3 heteroatoms. The highest BCUT2D eigenvalue weighted by Crippen LogP contribution is 2.08. The van der Waals surface area contributed by atoms with Crippen molar-refractivity contribution in [1.82, 2.24) is 9.88 Å². The van der Waals surface area contributed by atoms with Gasteiger partial charge in [0.2, 0.25) is 0 Å². The number of pyridine rings is 1. The number of aryl methyl sites for hydroxylation is 1. The van der Waals surface area contributed by atoms with Crippen LogP contribution >= 0.6 is 0 Å². The lowest BCUT2D eigenvalue weighted by atomic mass is 10.1. The Kier molecular flexibility index (Phi) is 7.16. The molecular formula is C16H26N2O. The SMILES string of the molecule is CCCCCCc1ccc(C(=O)N(CC)CC)cn1. The molecule has 0 spiro atoms. The number of carbonyl (C=O) groups excluding carboxylic acids is 1. The molecule has 0 N–H and O–H groups in total. The van der Waals surface area contributed by atoms with Gasteiger partial charge in [-0.25, -0.2) is 0 Å². The molecule has 0 bridgehead atoms. The van der Waals surface area contributed by atoms with Crippen molar-refractivity contribution in [3.05, 3.63) is 29.6 Å². The topological polar surface area (TPSA) is 33.2 Å². The summed E-state index contributed by atoms with van der Waals surface area (Å²) in [6.45, 7) is 7.70. The summed E-state index contributed by atoms with van der Waals surface area (Å²) in [5.74, 6) is 0.0787. The van der Waals surface area contributed by atoms with Gasteiger partial charge >= 0.3 is 0 Å². The molecule has 0 saturated carbocycles. The van der Waals surface area contributed by atoms with E-state index >= 15 is 0 Å². The van der Waals surface area contributed by atoms with E-state index in [0.29, 0.717) is 5.56 Å². The van der Waals surface area contributed by atoms with Crippen LogP contribution in [0.15, 0.2) is 18.3 Å². The molecule has 0 radical (unpaired) electrons. The molecule has 1 aromatic heterocycles. The molecule has 1 heterocycles. The van der Waals surface area contributed by atoms with Gasteiger partial charge in [0.05, 0.1) is 5.56 Å². The van der Waals surface area contributed by atoms with Gasteiger partial charge in [-0.05, 0) is 38.8 Å². The van der Waals surface area contributed by atoms with E-state index in [9.17, 15) is 4.79 Å². The Balaban J connectivity index is 2.53. The number of nitrogens with zero attached hydrogens (tertiary/aromatic N) is 2. The number of hydrogen-bond acceptors (Lipinski definition) is 2. The van der Waals surface area contributed by atoms with Gasteiger partial charge in [0, 0.05) is 25.0 Å². The molecule has 3 nitrogen and oxygen atoms in total. The maximum absolute atomic E-state index is 12.1. The van der Waals surface area contributed by atoms with Gasteiger partial charge in [0.15, 0.2) is 0 Å². The van der Waals surface area contributed by atoms with Crippen LogP contribution in [0.5, 0.6) is 0 Å². The Morgan fingerprint density at radius 2 is 1.84 bits per heavy atom. The first-order valence-electron chi connectivity index (χ1n) is 7.47. The summed E-state index contributed by atoms with van der Waals surface area (Å²) in [4.78, 5) is 18.3. The van der Waals surface area contributed by atoms with Crippen molar-refractivity contribution in [3.63, 3.8) is 0 Å². The third-order valence-electron chi connectivity index (χ3n) is 3.41. The number of carbonyl (C=O) groups is 1. The smallest absolute Gasteiger partial charge is 0.255 e. The minimum absolute atomic E-state index is 0.0787. The molecule has 106 valence electrons. The molecule has 0 unspecified atom stereocenters. The Hall–Kier alpha value is -1.38. The minimum atomic E-state index is 0.0787. The summed E-state index contributed by atoms with van der Waals surface area (Å²) in [5, 5.41) is 0. The fourth-order valence-electron chi connectivity index (χ4n) is 2.13. The van der Waals surface area contributed by atoms with E-state index in [1.54, 1.807) is 6.20 Å². The summed E-state index contributed by atoms with van der Waals surface area (Å²) in [5.41, 5.74) is 1.79. The molecule has 1 aromatic rings. The van der Waals surface area contributed by atoms with Crippen LogP contribution in [0.1, 0.15) is 62.5 Å². The maximum atomic E-state index is 12.1. The van der Waals surface area contributed by atoms with Crippen molar-refractivity contribution in [2.45, 2.75) is 52.9 Å². The van der Waals surface area contributed by atoms with E-state index in [2.05, 4.69) is 11.9 Å². The quantitative estimate of drug-likeness (QED) is 0.669. The maximum Gasteiger partial charge on any atom is 0.255 e. The lowest BCUT2D eigenvalue weighted by Gasteiger charge is -2.18. The fourth-order valence-corrected chi connectivity index (χ4v) is 2.13. The van der Waals surface area contributed by atoms with Crippen LogP contribution < -0.4 is 0 Å². The first kappa shape index (κ1) is 15.7. The summed E-state index contributed by atoms with van der Waals surface area (Å²) in [6, 6.07) is 3.89. The predicted molar refractivity (Wildman–Crippen MR) is 79.3 cm³/mol. The van der Waals surface area contributed by atoms with E-state index in [4.69, 9.17) is 0 Å². The first-order chi connectivity index (χ1) is 9.22. The van der Waals surface area contributed by atoms with Gasteiger partial charge in [-0.1, -0.05) is 26.2 Å². The summed E-state index contributed by atoms with van der Waals surface area (Å²) in [6.07, 6.45) is 7.72. The standard InChI is InChI=1S/C16H26N2O/c1-4-7-8-9-10-15-12-11-14(13-17-15)16(19)18(5-2)6-3/h11-13H,4-10H2,1-3H3. The summed E-state index contributed by atoms with van der Waals surface area (Å²) >= 11 is 0. The van der Waals surface area contributed by atoms with Crippen molar-refractivity contribution in [3.8, 4) is 0 Å². The zero-order valence-corrected chi connectivity index (χ0v) is 12.5. The average Bonchev–Trinajstić information content (AvgIpc) is 2.45. The molecular weight excluding hydrogens is 236 g/mol. The number of unbranched alkanes of at least 4 members (excludes halogenated alkanes) is 3. The molecule has 0 aromatic carbocycles. The van der Waals surface area contributed by atoms with Gasteiger partial charge in [-0.2, -0.15) is 0 Å². The van der Waals surface area contributed by atoms with Gasteiger partial charge in [-0.15, -0.1) is 0 Å². The molecule has 0 aliphatic carbocycles. The van der Waals surface area contributed by atoms with Crippen LogP contribution in [0.2, 0.25) is 0 Å². The Bertz CT molecular complexity index is 369.